The van der Waals surface area contributed by atoms with Crippen LogP contribution in [0, 0.1) is 0 Å². The molecule has 0 saturated carbocycles. The van der Waals surface area contributed by atoms with Crippen molar-refractivity contribution in [3.05, 3.63) is 35.4 Å². The lowest BCUT2D eigenvalue weighted by molar-refractivity contribution is -0.134. The van der Waals surface area contributed by atoms with E-state index < -0.39 is 0 Å². The fraction of sp³-hybridized carbons (Fsp3) is 0.562. The first-order valence-electron chi connectivity index (χ1n) is 7.30. The van der Waals surface area contributed by atoms with Crippen molar-refractivity contribution in [1.82, 2.24) is 10.6 Å². The molecule has 2 unspecified atom stereocenters. The molecule has 1 aromatic carbocycles. The third kappa shape index (κ3) is 4.99. The van der Waals surface area contributed by atoms with Gasteiger partial charge in [0.25, 0.3) is 5.91 Å². The number of hydrogen-bond donors (Lipinski definition) is 2. The predicted octanol–water partition coefficient (Wildman–Crippen LogP) is 2.40. The normalized spacial score (nSPS) is 19.7. The van der Waals surface area contributed by atoms with Gasteiger partial charge in [0.2, 0.25) is 0 Å². The van der Waals surface area contributed by atoms with Crippen molar-refractivity contribution in [2.75, 3.05) is 19.7 Å². The Bertz CT molecular complexity index is 442. The van der Waals surface area contributed by atoms with Gasteiger partial charge in [0.05, 0.1) is 12.6 Å². The molecular weight excluding hydrogens is 288 g/mol. The number of nitrogens with one attached hydrogen (secondary N) is 2. The highest BCUT2D eigenvalue weighted by molar-refractivity contribution is 5.85. The first kappa shape index (κ1) is 18.0. The van der Waals surface area contributed by atoms with E-state index in [9.17, 15) is 4.79 Å². The van der Waals surface area contributed by atoms with Crippen LogP contribution in [0.5, 0.6) is 0 Å². The third-order valence-electron chi connectivity index (χ3n) is 3.68. The first-order valence-corrected chi connectivity index (χ1v) is 7.30. The van der Waals surface area contributed by atoms with Gasteiger partial charge in [-0.3, -0.25) is 4.79 Å². The fourth-order valence-electron chi connectivity index (χ4n) is 2.29. The van der Waals surface area contributed by atoms with E-state index in [1.54, 1.807) is 0 Å². The van der Waals surface area contributed by atoms with Crippen LogP contribution in [0.4, 0.5) is 0 Å². The molecule has 1 fully saturated rings. The summed E-state index contributed by atoms with van der Waals surface area (Å²) in [7, 11) is 0. The Labute approximate surface area is 133 Å². The van der Waals surface area contributed by atoms with E-state index in [0.29, 0.717) is 19.1 Å². The number of hydrogen-bond acceptors (Lipinski definition) is 3. The van der Waals surface area contributed by atoms with E-state index in [1.165, 1.54) is 5.56 Å². The van der Waals surface area contributed by atoms with E-state index in [1.807, 2.05) is 6.92 Å². The molecule has 1 aliphatic rings. The van der Waals surface area contributed by atoms with Crippen LogP contribution in [0.25, 0.3) is 0 Å². The standard InChI is InChI=1S/C16H24N2O2.ClH/c1-11(2)13-4-6-14(7-5-13)12(3)18-16(19)15-10-17-8-9-20-15;/h4-7,11-12,15,17H,8-10H2,1-3H3,(H,18,19);1H. The zero-order chi connectivity index (χ0) is 14.5. The molecule has 0 spiro atoms. The van der Waals surface area contributed by atoms with Gasteiger partial charge < -0.3 is 15.4 Å². The molecule has 0 bridgehead atoms. The van der Waals surface area contributed by atoms with E-state index >= 15 is 0 Å². The summed E-state index contributed by atoms with van der Waals surface area (Å²) in [6.07, 6.45) is -0.374. The third-order valence-corrected chi connectivity index (χ3v) is 3.68. The largest absolute Gasteiger partial charge is 0.366 e. The van der Waals surface area contributed by atoms with E-state index in [4.69, 9.17) is 4.74 Å². The molecule has 0 aliphatic carbocycles. The summed E-state index contributed by atoms with van der Waals surface area (Å²) in [5.41, 5.74) is 2.43. The minimum atomic E-state index is -0.374. The van der Waals surface area contributed by atoms with Gasteiger partial charge >= 0.3 is 0 Å². The Morgan fingerprint density at radius 1 is 1.24 bits per heavy atom. The summed E-state index contributed by atoms with van der Waals surface area (Å²) in [5, 5.41) is 6.17. The highest BCUT2D eigenvalue weighted by Gasteiger charge is 2.23. The van der Waals surface area contributed by atoms with Crippen LogP contribution in [0.3, 0.4) is 0 Å². The number of halogens is 1. The van der Waals surface area contributed by atoms with Crippen LogP contribution < -0.4 is 10.6 Å². The van der Waals surface area contributed by atoms with Crippen molar-refractivity contribution in [3.8, 4) is 0 Å². The van der Waals surface area contributed by atoms with Crippen molar-refractivity contribution < 1.29 is 9.53 Å². The number of benzene rings is 1. The van der Waals surface area contributed by atoms with Gasteiger partial charge in [0, 0.05) is 13.1 Å². The highest BCUT2D eigenvalue weighted by atomic mass is 35.5. The van der Waals surface area contributed by atoms with Crippen LogP contribution >= 0.6 is 12.4 Å². The highest BCUT2D eigenvalue weighted by Crippen LogP contribution is 2.18. The van der Waals surface area contributed by atoms with Crippen LogP contribution in [0.15, 0.2) is 24.3 Å². The van der Waals surface area contributed by atoms with E-state index in [2.05, 4.69) is 48.7 Å². The topological polar surface area (TPSA) is 50.4 Å². The van der Waals surface area contributed by atoms with Gasteiger partial charge in [0.1, 0.15) is 6.10 Å². The van der Waals surface area contributed by atoms with Crippen molar-refractivity contribution in [1.29, 1.82) is 0 Å². The molecule has 2 N–H and O–H groups in total. The van der Waals surface area contributed by atoms with Gasteiger partial charge in [-0.1, -0.05) is 38.1 Å². The summed E-state index contributed by atoms with van der Waals surface area (Å²) in [6, 6.07) is 8.41. The molecule has 2 rings (SSSR count). The average molecular weight is 313 g/mol. The van der Waals surface area contributed by atoms with Crippen LogP contribution in [0.1, 0.15) is 43.9 Å². The molecule has 21 heavy (non-hydrogen) atoms. The molecule has 1 aromatic rings. The number of rotatable bonds is 4. The zero-order valence-corrected chi connectivity index (χ0v) is 13.7. The molecule has 1 aliphatic heterocycles. The van der Waals surface area contributed by atoms with E-state index in [-0.39, 0.29) is 30.5 Å². The molecular formula is C16H25ClN2O2. The van der Waals surface area contributed by atoms with Crippen molar-refractivity contribution >= 4 is 18.3 Å². The number of carbonyl (C=O) groups is 1. The molecule has 0 aromatic heterocycles. The molecule has 1 amide bonds. The number of ether oxygens (including phenoxy) is 1. The molecule has 0 radical (unpaired) electrons. The summed E-state index contributed by atoms with van der Waals surface area (Å²) < 4.78 is 5.45. The summed E-state index contributed by atoms with van der Waals surface area (Å²) >= 11 is 0. The van der Waals surface area contributed by atoms with Crippen LogP contribution in [-0.4, -0.2) is 31.7 Å². The Hall–Kier alpha value is -1.10. The van der Waals surface area contributed by atoms with Gasteiger partial charge in [0.15, 0.2) is 0 Å². The maximum Gasteiger partial charge on any atom is 0.250 e. The van der Waals surface area contributed by atoms with Crippen LogP contribution in [0.2, 0.25) is 0 Å². The molecule has 118 valence electrons. The molecule has 1 heterocycles. The van der Waals surface area contributed by atoms with Crippen molar-refractivity contribution in [2.45, 2.75) is 38.8 Å². The van der Waals surface area contributed by atoms with Crippen LogP contribution in [-0.2, 0) is 9.53 Å². The van der Waals surface area contributed by atoms with Crippen molar-refractivity contribution in [2.24, 2.45) is 0 Å². The second kappa shape index (κ2) is 8.37. The molecule has 1 saturated heterocycles. The molecule has 2 atom stereocenters. The van der Waals surface area contributed by atoms with Gasteiger partial charge in [-0.15, -0.1) is 12.4 Å². The molecule has 5 heteroatoms. The predicted molar refractivity (Wildman–Crippen MR) is 86.9 cm³/mol. The minimum Gasteiger partial charge on any atom is -0.366 e. The Kier molecular flexibility index (Phi) is 7.15. The Morgan fingerprint density at radius 2 is 1.86 bits per heavy atom. The maximum atomic E-state index is 12.1. The molecule has 4 nitrogen and oxygen atoms in total. The lowest BCUT2D eigenvalue weighted by atomic mass is 9.99. The number of morpholine rings is 1. The SMILES string of the molecule is CC(C)c1ccc(C(C)NC(=O)C2CNCCO2)cc1.Cl. The lowest BCUT2D eigenvalue weighted by Crippen LogP contribution is -2.48. The minimum absolute atomic E-state index is 0. The number of amides is 1. The van der Waals surface area contributed by atoms with E-state index in [0.717, 1.165) is 12.1 Å². The Morgan fingerprint density at radius 3 is 2.38 bits per heavy atom. The summed E-state index contributed by atoms with van der Waals surface area (Å²) in [6.45, 7) is 8.34. The fourth-order valence-corrected chi connectivity index (χ4v) is 2.29. The first-order chi connectivity index (χ1) is 9.58. The second-order valence-corrected chi connectivity index (χ2v) is 5.62. The van der Waals surface area contributed by atoms with Gasteiger partial charge in [-0.25, -0.2) is 0 Å². The average Bonchev–Trinajstić information content (AvgIpc) is 2.48. The quantitative estimate of drug-likeness (QED) is 0.897. The summed E-state index contributed by atoms with van der Waals surface area (Å²) in [5.74, 6) is 0.480. The van der Waals surface area contributed by atoms with Gasteiger partial charge in [-0.05, 0) is 24.0 Å². The monoisotopic (exact) mass is 312 g/mol. The number of carbonyl (C=O) groups excluding carboxylic acids is 1. The lowest BCUT2D eigenvalue weighted by Gasteiger charge is -2.24. The zero-order valence-electron chi connectivity index (χ0n) is 12.9. The van der Waals surface area contributed by atoms with Gasteiger partial charge in [-0.2, -0.15) is 0 Å². The smallest absolute Gasteiger partial charge is 0.250 e. The Balaban J connectivity index is 0.00000220. The second-order valence-electron chi connectivity index (χ2n) is 5.62. The summed E-state index contributed by atoms with van der Waals surface area (Å²) in [4.78, 5) is 12.1. The van der Waals surface area contributed by atoms with Crippen molar-refractivity contribution in [3.63, 3.8) is 0 Å². The maximum absolute atomic E-state index is 12.1.